The third kappa shape index (κ3) is 1.48. The first-order valence-electron chi connectivity index (χ1n) is 5.04. The second-order valence-electron chi connectivity index (χ2n) is 3.76. The van der Waals surface area contributed by atoms with Crippen LogP contribution in [0.15, 0.2) is 18.3 Å². The standard InChI is InChI=1S/C11H7FN2O3S/c12-6-2-7-8(1-5(6)4-15)14-3-9(10(16)17)18-11(14)13-7/h1-3,15H,4H2,(H,16,17). The Balaban J connectivity index is 2.35. The molecule has 0 spiro atoms. The Morgan fingerprint density at radius 3 is 2.94 bits per heavy atom. The van der Waals surface area contributed by atoms with Crippen LogP contribution in [0.5, 0.6) is 0 Å². The number of carboxylic acids is 1. The molecule has 3 aromatic rings. The number of fused-ring (bicyclic) bond motifs is 3. The Bertz CT molecular complexity index is 777. The average Bonchev–Trinajstić information content (AvgIpc) is 2.85. The van der Waals surface area contributed by atoms with Crippen LogP contribution in [0, 0.1) is 5.82 Å². The van der Waals surface area contributed by atoms with E-state index in [1.165, 1.54) is 18.3 Å². The van der Waals surface area contributed by atoms with Crippen molar-refractivity contribution in [3.63, 3.8) is 0 Å². The fraction of sp³-hybridized carbons (Fsp3) is 0.0909. The largest absolute Gasteiger partial charge is 0.477 e. The van der Waals surface area contributed by atoms with Crippen molar-refractivity contribution >= 4 is 33.3 Å². The van der Waals surface area contributed by atoms with Gasteiger partial charge < -0.3 is 10.2 Å². The molecule has 0 saturated heterocycles. The molecule has 0 aliphatic rings. The average molecular weight is 266 g/mol. The quantitative estimate of drug-likeness (QED) is 0.742. The molecule has 0 unspecified atom stereocenters. The molecular formula is C11H7FN2O3S. The molecule has 7 heteroatoms. The van der Waals surface area contributed by atoms with E-state index in [0.29, 0.717) is 16.0 Å². The summed E-state index contributed by atoms with van der Waals surface area (Å²) in [6.45, 7) is -0.412. The molecule has 0 amide bonds. The molecule has 18 heavy (non-hydrogen) atoms. The van der Waals surface area contributed by atoms with Crippen LogP contribution in [-0.2, 0) is 6.61 Å². The number of rotatable bonds is 2. The molecule has 3 rings (SSSR count). The predicted molar refractivity (Wildman–Crippen MR) is 63.4 cm³/mol. The van der Waals surface area contributed by atoms with Gasteiger partial charge in [0.05, 0.1) is 17.6 Å². The number of aromatic carboxylic acids is 1. The van der Waals surface area contributed by atoms with E-state index in [-0.39, 0.29) is 10.4 Å². The number of imidazole rings is 1. The fourth-order valence-corrected chi connectivity index (χ4v) is 2.63. The highest BCUT2D eigenvalue weighted by Gasteiger charge is 2.14. The molecule has 2 N–H and O–H groups in total. The van der Waals surface area contributed by atoms with Gasteiger partial charge in [-0.3, -0.25) is 4.40 Å². The number of aliphatic hydroxyl groups is 1. The van der Waals surface area contributed by atoms with Crippen LogP contribution in [0.1, 0.15) is 15.2 Å². The first-order chi connectivity index (χ1) is 8.60. The molecule has 0 radical (unpaired) electrons. The number of halogens is 1. The van der Waals surface area contributed by atoms with E-state index in [1.807, 2.05) is 0 Å². The number of carbonyl (C=O) groups is 1. The zero-order valence-electron chi connectivity index (χ0n) is 8.92. The number of nitrogens with zero attached hydrogens (tertiary/aromatic N) is 2. The molecule has 2 aromatic heterocycles. The molecule has 0 saturated carbocycles. The first-order valence-corrected chi connectivity index (χ1v) is 5.86. The van der Waals surface area contributed by atoms with Crippen LogP contribution in [0.2, 0.25) is 0 Å². The summed E-state index contributed by atoms with van der Waals surface area (Å²) in [7, 11) is 0. The third-order valence-electron chi connectivity index (χ3n) is 2.65. The molecule has 0 aliphatic heterocycles. The van der Waals surface area contributed by atoms with Crippen molar-refractivity contribution in [3.05, 3.63) is 34.6 Å². The van der Waals surface area contributed by atoms with Gasteiger partial charge in [-0.1, -0.05) is 11.3 Å². The second kappa shape index (κ2) is 3.76. The van der Waals surface area contributed by atoms with Crippen LogP contribution in [0.4, 0.5) is 4.39 Å². The molecule has 0 bridgehead atoms. The van der Waals surface area contributed by atoms with Crippen LogP contribution < -0.4 is 0 Å². The van der Waals surface area contributed by atoms with Gasteiger partial charge in [-0.25, -0.2) is 14.2 Å². The number of thiazole rings is 1. The van der Waals surface area contributed by atoms with Crippen molar-refractivity contribution in [2.45, 2.75) is 6.61 Å². The fourth-order valence-electron chi connectivity index (χ4n) is 1.80. The van der Waals surface area contributed by atoms with Gasteiger partial charge in [-0.2, -0.15) is 0 Å². The third-order valence-corrected chi connectivity index (χ3v) is 3.62. The summed E-state index contributed by atoms with van der Waals surface area (Å²) in [6.07, 6.45) is 1.44. The highest BCUT2D eigenvalue weighted by atomic mass is 32.1. The van der Waals surface area contributed by atoms with Crippen molar-refractivity contribution in [1.29, 1.82) is 0 Å². The molecule has 0 aliphatic carbocycles. The zero-order valence-corrected chi connectivity index (χ0v) is 9.74. The van der Waals surface area contributed by atoms with E-state index in [9.17, 15) is 9.18 Å². The molecule has 0 fully saturated rings. The van der Waals surface area contributed by atoms with Crippen molar-refractivity contribution in [1.82, 2.24) is 9.38 Å². The molecular weight excluding hydrogens is 259 g/mol. The van der Waals surface area contributed by atoms with Gasteiger partial charge in [-0.15, -0.1) is 0 Å². The lowest BCUT2D eigenvalue weighted by atomic mass is 10.2. The van der Waals surface area contributed by atoms with E-state index in [0.717, 1.165) is 11.3 Å². The summed E-state index contributed by atoms with van der Waals surface area (Å²) in [4.78, 5) is 15.6. The summed E-state index contributed by atoms with van der Waals surface area (Å²) in [5.41, 5.74) is 1.18. The van der Waals surface area contributed by atoms with E-state index in [1.54, 1.807) is 4.40 Å². The van der Waals surface area contributed by atoms with Crippen LogP contribution in [-0.4, -0.2) is 25.6 Å². The van der Waals surface area contributed by atoms with Gasteiger partial charge in [0.25, 0.3) is 0 Å². The topological polar surface area (TPSA) is 74.8 Å². The van der Waals surface area contributed by atoms with Gasteiger partial charge in [0, 0.05) is 17.8 Å². The maximum atomic E-state index is 13.5. The number of hydrogen-bond acceptors (Lipinski definition) is 4. The van der Waals surface area contributed by atoms with Crippen molar-refractivity contribution in [3.8, 4) is 0 Å². The lowest BCUT2D eigenvalue weighted by molar-refractivity contribution is 0.0702. The summed E-state index contributed by atoms with van der Waals surface area (Å²) in [6, 6.07) is 2.71. The normalized spacial score (nSPS) is 11.4. The van der Waals surface area contributed by atoms with Gasteiger partial charge in [0.2, 0.25) is 0 Å². The highest BCUT2D eigenvalue weighted by Crippen LogP contribution is 2.25. The minimum Gasteiger partial charge on any atom is -0.477 e. The molecule has 0 atom stereocenters. The number of hydrogen-bond donors (Lipinski definition) is 2. The lowest BCUT2D eigenvalue weighted by Crippen LogP contribution is -1.92. The van der Waals surface area contributed by atoms with Gasteiger partial charge >= 0.3 is 5.97 Å². The molecule has 2 heterocycles. The maximum Gasteiger partial charge on any atom is 0.347 e. The van der Waals surface area contributed by atoms with Gasteiger partial charge in [0.1, 0.15) is 10.7 Å². The molecule has 92 valence electrons. The maximum absolute atomic E-state index is 13.5. The summed E-state index contributed by atoms with van der Waals surface area (Å²) >= 11 is 1.02. The predicted octanol–water partition coefficient (Wildman–Crippen LogP) is 1.88. The first kappa shape index (κ1) is 11.1. The number of aromatic nitrogens is 2. The minimum absolute atomic E-state index is 0.160. The molecule has 5 nitrogen and oxygen atoms in total. The number of carboxylic acid groups (broad SMARTS) is 1. The Labute approximate surface area is 104 Å². The van der Waals surface area contributed by atoms with Crippen LogP contribution in [0.3, 0.4) is 0 Å². The van der Waals surface area contributed by atoms with Crippen molar-refractivity contribution < 1.29 is 19.4 Å². The minimum atomic E-state index is -1.02. The van der Waals surface area contributed by atoms with Gasteiger partial charge in [0.15, 0.2) is 4.96 Å². The monoisotopic (exact) mass is 266 g/mol. The van der Waals surface area contributed by atoms with E-state index < -0.39 is 18.4 Å². The Morgan fingerprint density at radius 2 is 2.28 bits per heavy atom. The number of benzene rings is 1. The Kier molecular flexibility index (Phi) is 2.32. The smallest absolute Gasteiger partial charge is 0.347 e. The van der Waals surface area contributed by atoms with Crippen LogP contribution >= 0.6 is 11.3 Å². The zero-order chi connectivity index (χ0) is 12.9. The Hall–Kier alpha value is -1.99. The number of aliphatic hydroxyl groups excluding tert-OH is 1. The summed E-state index contributed by atoms with van der Waals surface area (Å²) in [5.74, 6) is -1.54. The van der Waals surface area contributed by atoms with Crippen molar-refractivity contribution in [2.24, 2.45) is 0 Å². The molecule has 1 aromatic carbocycles. The van der Waals surface area contributed by atoms with E-state index in [2.05, 4.69) is 4.98 Å². The van der Waals surface area contributed by atoms with E-state index in [4.69, 9.17) is 10.2 Å². The lowest BCUT2D eigenvalue weighted by Gasteiger charge is -1.98. The van der Waals surface area contributed by atoms with Gasteiger partial charge in [-0.05, 0) is 6.07 Å². The summed E-state index contributed by atoms with van der Waals surface area (Å²) < 4.78 is 15.0. The van der Waals surface area contributed by atoms with E-state index >= 15 is 0 Å². The SMILES string of the molecule is O=C(O)c1cn2c(nc3cc(F)c(CO)cc32)s1. The van der Waals surface area contributed by atoms with Crippen molar-refractivity contribution in [2.75, 3.05) is 0 Å². The Morgan fingerprint density at radius 1 is 1.50 bits per heavy atom. The second-order valence-corrected chi connectivity index (χ2v) is 4.76. The summed E-state index contributed by atoms with van der Waals surface area (Å²) in [5, 5.41) is 17.9. The van der Waals surface area contributed by atoms with Crippen LogP contribution in [0.25, 0.3) is 16.0 Å². The highest BCUT2D eigenvalue weighted by molar-refractivity contribution is 7.18.